The van der Waals surface area contributed by atoms with Gasteiger partial charge in [-0.15, -0.1) is 0 Å². The van der Waals surface area contributed by atoms with Crippen LogP contribution in [0.1, 0.15) is 56.1 Å². The Hall–Kier alpha value is -6.47. The van der Waals surface area contributed by atoms with Gasteiger partial charge in [-0.1, -0.05) is 26.8 Å². The van der Waals surface area contributed by atoms with Gasteiger partial charge in [0.25, 0.3) is 0 Å². The molecule has 0 saturated heterocycles. The van der Waals surface area contributed by atoms with Crippen molar-refractivity contribution in [2.45, 2.75) is 45.4 Å². The third-order valence-electron chi connectivity index (χ3n) is 9.17. The van der Waals surface area contributed by atoms with E-state index in [1.807, 2.05) is 45.0 Å². The van der Waals surface area contributed by atoms with Crippen LogP contribution in [-0.2, 0) is 5.41 Å². The van der Waals surface area contributed by atoms with Gasteiger partial charge in [-0.2, -0.15) is 0 Å². The molecule has 0 amide bonds. The highest BCUT2D eigenvalue weighted by Gasteiger charge is 2.25. The van der Waals surface area contributed by atoms with E-state index in [0.29, 0.717) is 68.6 Å². The molecule has 1 aliphatic heterocycles. The number of imidazole rings is 1. The number of carboxylic acid groups (broad SMARTS) is 1. The minimum absolute atomic E-state index is 0.0216. The summed E-state index contributed by atoms with van der Waals surface area (Å²) in [6.07, 6.45) is 6.03. The molecule has 0 atom stereocenters. The van der Waals surface area contributed by atoms with Crippen molar-refractivity contribution in [1.29, 1.82) is 0 Å². The van der Waals surface area contributed by atoms with Gasteiger partial charge < -0.3 is 35.1 Å². The number of phenolic OH excluding ortho intramolecular Hbond substituents is 1. The summed E-state index contributed by atoms with van der Waals surface area (Å²) >= 11 is 5.50. The van der Waals surface area contributed by atoms with E-state index < -0.39 is 5.97 Å². The Morgan fingerprint density at radius 1 is 0.945 bits per heavy atom. The second-order valence-electron chi connectivity index (χ2n) is 14.2. The number of rotatable bonds is 11. The molecule has 1 aliphatic carbocycles. The molecule has 13 heteroatoms. The van der Waals surface area contributed by atoms with Gasteiger partial charge in [-0.05, 0) is 97.7 Å². The van der Waals surface area contributed by atoms with Crippen molar-refractivity contribution in [3.63, 3.8) is 0 Å². The van der Waals surface area contributed by atoms with Crippen molar-refractivity contribution in [2.75, 3.05) is 18.5 Å². The van der Waals surface area contributed by atoms with Crippen molar-refractivity contribution in [1.82, 2.24) is 19.7 Å². The van der Waals surface area contributed by atoms with Gasteiger partial charge in [0.05, 0.1) is 24.1 Å². The van der Waals surface area contributed by atoms with Crippen LogP contribution in [-0.4, -0.2) is 53.9 Å². The minimum atomic E-state index is -1.14. The molecule has 0 fully saturated rings. The summed E-state index contributed by atoms with van der Waals surface area (Å²) in [6, 6.07) is 21.6. The van der Waals surface area contributed by atoms with Crippen molar-refractivity contribution in [3.05, 3.63) is 113 Å². The Bertz CT molecular complexity index is 2590. The molecule has 0 radical (unpaired) electrons. The van der Waals surface area contributed by atoms with Gasteiger partial charge in [-0.25, -0.2) is 9.78 Å². The number of phenols is 1. The number of nitrogens with one attached hydrogen (secondary N) is 2. The molecule has 7 rings (SSSR count). The maximum Gasteiger partial charge on any atom is 0.336 e. The number of nitrogens with zero attached hydrogens (tertiary/aromatic N) is 3. The first-order chi connectivity index (χ1) is 26.4. The number of benzene rings is 4. The van der Waals surface area contributed by atoms with Crippen molar-refractivity contribution in [3.8, 4) is 51.1 Å². The number of carbonyl (C=O) groups is 1. The van der Waals surface area contributed by atoms with E-state index in [1.165, 1.54) is 30.3 Å². The first-order valence-electron chi connectivity index (χ1n) is 17.8. The molecule has 0 bridgehead atoms. The highest BCUT2D eigenvalue weighted by molar-refractivity contribution is 7.80. The molecule has 280 valence electrons. The van der Waals surface area contributed by atoms with Crippen molar-refractivity contribution >= 4 is 45.6 Å². The lowest BCUT2D eigenvalue weighted by Gasteiger charge is -2.18. The average Bonchev–Trinajstić information content (AvgIpc) is 3.49. The molecule has 0 spiro atoms. The van der Waals surface area contributed by atoms with Crippen LogP contribution in [0, 0.1) is 0 Å². The molecule has 5 N–H and O–H groups in total. The van der Waals surface area contributed by atoms with Gasteiger partial charge >= 0.3 is 5.97 Å². The van der Waals surface area contributed by atoms with Crippen LogP contribution < -0.4 is 20.8 Å². The number of hydrogen-bond acceptors (Lipinski definition) is 9. The van der Waals surface area contributed by atoms with Gasteiger partial charge in [0.2, 0.25) is 5.88 Å². The third-order valence-corrected chi connectivity index (χ3v) is 9.42. The summed E-state index contributed by atoms with van der Waals surface area (Å²) in [5.41, 5.74) is 4.66. The lowest BCUT2D eigenvalue weighted by molar-refractivity contribution is 0.0697. The zero-order valence-electron chi connectivity index (χ0n) is 30.4. The summed E-state index contributed by atoms with van der Waals surface area (Å²) in [6.45, 7) is 7.18. The minimum Gasteiger partial charge on any atom is -0.508 e. The number of hydrogen-bond donors (Lipinski definition) is 5. The van der Waals surface area contributed by atoms with E-state index in [0.717, 1.165) is 30.6 Å². The summed E-state index contributed by atoms with van der Waals surface area (Å²) < 4.78 is 13.5. The fraction of sp³-hybridized carbons (Fsp3) is 0.214. The largest absolute Gasteiger partial charge is 0.508 e. The summed E-state index contributed by atoms with van der Waals surface area (Å²) in [5, 5.41) is 38.2. The van der Waals surface area contributed by atoms with Gasteiger partial charge in [0, 0.05) is 58.1 Å². The summed E-state index contributed by atoms with van der Waals surface area (Å²) in [7, 11) is 0. The lowest BCUT2D eigenvalue weighted by Crippen LogP contribution is -2.29. The van der Waals surface area contributed by atoms with E-state index in [4.69, 9.17) is 21.4 Å². The summed E-state index contributed by atoms with van der Waals surface area (Å²) in [4.78, 5) is 33.7. The normalized spacial score (nSPS) is 11.6. The second kappa shape index (κ2) is 15.1. The average molecular weight is 758 g/mol. The molecule has 0 saturated carbocycles. The van der Waals surface area contributed by atoms with E-state index in [2.05, 4.69) is 20.6 Å². The Balaban J connectivity index is 0.907. The quantitative estimate of drug-likeness (QED) is 0.0487. The van der Waals surface area contributed by atoms with Gasteiger partial charge in [-0.3, -0.25) is 14.2 Å². The van der Waals surface area contributed by atoms with Crippen molar-refractivity contribution in [2.24, 2.45) is 0 Å². The van der Waals surface area contributed by atoms with Crippen LogP contribution in [0.5, 0.6) is 17.4 Å². The third kappa shape index (κ3) is 7.92. The zero-order valence-corrected chi connectivity index (χ0v) is 31.2. The SMILES string of the molecule is CC(C)(C)c1nc2cnc(-c3ccc(OCCCCCNC(=S)Nc4ccc(-c5c6ccc(=O)cc-6oc6cc(O)ccc56)c(C(=O)O)c4)cc3)cn2c1O. The number of fused-ring (bicyclic) bond motifs is 3. The molecule has 0 unspecified atom stereocenters. The molecule has 3 aromatic carbocycles. The molecular weight excluding hydrogens is 719 g/mol. The molecule has 12 nitrogen and oxygen atoms in total. The number of carboxylic acids is 1. The zero-order chi connectivity index (χ0) is 38.9. The van der Waals surface area contributed by atoms with E-state index in [-0.39, 0.29) is 33.8 Å². The van der Waals surface area contributed by atoms with Crippen LogP contribution in [0.2, 0.25) is 0 Å². The van der Waals surface area contributed by atoms with Crippen LogP contribution in [0.25, 0.3) is 50.3 Å². The fourth-order valence-electron chi connectivity index (χ4n) is 6.45. The lowest BCUT2D eigenvalue weighted by atomic mass is 9.90. The van der Waals surface area contributed by atoms with Crippen LogP contribution in [0.15, 0.2) is 100 Å². The van der Waals surface area contributed by atoms with Crippen molar-refractivity contribution < 1.29 is 29.3 Å². The Kier molecular flexibility index (Phi) is 10.1. The number of anilines is 1. The maximum atomic E-state index is 12.5. The fourth-order valence-corrected chi connectivity index (χ4v) is 6.67. The Morgan fingerprint density at radius 2 is 1.73 bits per heavy atom. The molecule has 3 heterocycles. The predicted octanol–water partition coefficient (Wildman–Crippen LogP) is 8.22. The van der Waals surface area contributed by atoms with Crippen LogP contribution in [0.3, 0.4) is 0 Å². The predicted molar refractivity (Wildman–Crippen MR) is 216 cm³/mol. The molecule has 5 aromatic rings. The highest BCUT2D eigenvalue weighted by Crippen LogP contribution is 2.42. The van der Waals surface area contributed by atoms with Crippen LogP contribution in [0.4, 0.5) is 5.69 Å². The molecule has 2 aromatic heterocycles. The first-order valence-corrected chi connectivity index (χ1v) is 18.2. The standard InChI is InChI=1S/C42H39N5O7S/c1-42(2,3)38-39(50)47-23-33(44-22-36(47)46-38)24-7-12-28(13-8-24)53-18-6-4-5-17-43-41(55)45-25-9-14-29(32(19-25)40(51)52)37-30-15-10-26(48)20-34(30)54-35-21-27(49)11-16-31(35)37/h7-16,19-23,48,50H,4-6,17-18H2,1-3H3,(H,51,52)(H2,43,45,55). The summed E-state index contributed by atoms with van der Waals surface area (Å²) in [5.74, 6) is -0.0137. The van der Waals surface area contributed by atoms with E-state index in [1.54, 1.807) is 41.1 Å². The van der Waals surface area contributed by atoms with Gasteiger partial charge in [0.1, 0.15) is 28.5 Å². The number of aromatic hydroxyl groups is 2. The molecule has 55 heavy (non-hydrogen) atoms. The molecule has 2 aliphatic rings. The molecular formula is C42H39N5O7S. The number of ether oxygens (including phenoxy) is 1. The maximum absolute atomic E-state index is 12.5. The topological polar surface area (TPSA) is 171 Å². The van der Waals surface area contributed by atoms with Gasteiger partial charge in [0.15, 0.2) is 16.2 Å². The van der Waals surface area contributed by atoms with E-state index in [9.17, 15) is 24.9 Å². The number of aromatic nitrogens is 3. The Morgan fingerprint density at radius 3 is 2.49 bits per heavy atom. The Labute approximate surface area is 321 Å². The van der Waals surface area contributed by atoms with Crippen LogP contribution >= 0.6 is 12.2 Å². The van der Waals surface area contributed by atoms with E-state index >= 15 is 0 Å². The smallest absolute Gasteiger partial charge is 0.336 e. The highest BCUT2D eigenvalue weighted by atomic mass is 32.1. The monoisotopic (exact) mass is 757 g/mol. The first kappa shape index (κ1) is 36.9. The number of unbranched alkanes of at least 4 members (excludes halogenated alkanes) is 2. The number of thiocarbonyl (C=S) groups is 1. The number of aromatic carboxylic acids is 1. The second-order valence-corrected chi connectivity index (χ2v) is 14.6.